The van der Waals surface area contributed by atoms with Gasteiger partial charge in [-0.25, -0.2) is 18.1 Å². The largest absolute Gasteiger partial charge is 0.494 e. The van der Waals surface area contributed by atoms with Gasteiger partial charge in [0.05, 0.1) is 23.5 Å². The lowest BCUT2D eigenvalue weighted by Crippen LogP contribution is -2.43. The molecule has 1 saturated carbocycles. The van der Waals surface area contributed by atoms with Crippen molar-refractivity contribution in [1.29, 1.82) is 0 Å². The van der Waals surface area contributed by atoms with Crippen molar-refractivity contribution in [3.05, 3.63) is 52.7 Å². The van der Waals surface area contributed by atoms with E-state index >= 15 is 0 Å². The van der Waals surface area contributed by atoms with Gasteiger partial charge in [-0.3, -0.25) is 4.79 Å². The molecule has 0 spiro atoms. The number of hydrogen-bond acceptors (Lipinski definition) is 5. The highest BCUT2D eigenvalue weighted by molar-refractivity contribution is 7.89. The summed E-state index contributed by atoms with van der Waals surface area (Å²) >= 11 is 0. The molecular weight excluding hydrogens is 330 g/mol. The van der Waals surface area contributed by atoms with Gasteiger partial charge >= 0.3 is 0 Å². The Hall–Kier alpha value is -2.19. The number of H-pyrrole nitrogens is 1. The summed E-state index contributed by atoms with van der Waals surface area (Å²) in [5.41, 5.74) is 0.508. The molecule has 0 aliphatic heterocycles. The summed E-state index contributed by atoms with van der Waals surface area (Å²) in [4.78, 5) is 18.1. The molecular formula is C16H19N3O4S. The molecule has 1 heterocycles. The molecule has 1 fully saturated rings. The lowest BCUT2D eigenvalue weighted by Gasteiger charge is -2.35. The van der Waals surface area contributed by atoms with E-state index in [9.17, 15) is 13.2 Å². The van der Waals surface area contributed by atoms with Gasteiger partial charge in [0.15, 0.2) is 0 Å². The summed E-state index contributed by atoms with van der Waals surface area (Å²) in [5, 5.41) is 0. The Morgan fingerprint density at radius 3 is 2.62 bits per heavy atom. The summed E-state index contributed by atoms with van der Waals surface area (Å²) in [6, 6.07) is 7.65. The number of ether oxygens (including phenoxy) is 1. The second kappa shape index (κ2) is 6.74. The number of aromatic nitrogens is 2. The number of rotatable bonds is 6. The normalized spacial score (nSPS) is 20.4. The molecule has 1 aromatic heterocycles. The van der Waals surface area contributed by atoms with Crippen LogP contribution in [0.2, 0.25) is 0 Å². The van der Waals surface area contributed by atoms with Crippen LogP contribution in [-0.2, 0) is 10.0 Å². The molecule has 2 aromatic rings. The average molecular weight is 349 g/mol. The van der Waals surface area contributed by atoms with Crippen LogP contribution in [0.1, 0.15) is 31.4 Å². The van der Waals surface area contributed by atoms with E-state index in [1.54, 1.807) is 12.1 Å². The first-order valence-electron chi connectivity index (χ1n) is 7.78. The van der Waals surface area contributed by atoms with Gasteiger partial charge in [0.2, 0.25) is 10.0 Å². The molecule has 2 N–H and O–H groups in total. The van der Waals surface area contributed by atoms with Gasteiger partial charge in [0, 0.05) is 18.0 Å². The van der Waals surface area contributed by atoms with Crippen molar-refractivity contribution in [1.82, 2.24) is 14.7 Å². The van der Waals surface area contributed by atoms with E-state index in [-0.39, 0.29) is 22.4 Å². The molecule has 8 heteroatoms. The van der Waals surface area contributed by atoms with Gasteiger partial charge in [-0.05, 0) is 44.0 Å². The predicted octanol–water partition coefficient (Wildman–Crippen LogP) is 1.39. The maximum Gasteiger partial charge on any atom is 0.250 e. The van der Waals surface area contributed by atoms with Crippen molar-refractivity contribution in [2.45, 2.75) is 36.6 Å². The minimum Gasteiger partial charge on any atom is -0.494 e. The molecule has 0 bridgehead atoms. The fourth-order valence-electron chi connectivity index (χ4n) is 2.73. The quantitative estimate of drug-likeness (QED) is 0.821. The Labute approximate surface area is 140 Å². The zero-order valence-corrected chi connectivity index (χ0v) is 14.0. The smallest absolute Gasteiger partial charge is 0.250 e. The summed E-state index contributed by atoms with van der Waals surface area (Å²) in [6.07, 6.45) is 2.63. The van der Waals surface area contributed by atoms with Crippen LogP contribution >= 0.6 is 0 Å². The van der Waals surface area contributed by atoms with E-state index in [2.05, 4.69) is 14.7 Å². The van der Waals surface area contributed by atoms with Crippen LogP contribution in [0.25, 0.3) is 0 Å². The van der Waals surface area contributed by atoms with Gasteiger partial charge in [-0.2, -0.15) is 0 Å². The van der Waals surface area contributed by atoms with Crippen molar-refractivity contribution in [2.24, 2.45) is 0 Å². The van der Waals surface area contributed by atoms with Gasteiger partial charge in [0.1, 0.15) is 5.75 Å². The molecule has 7 nitrogen and oxygen atoms in total. The Balaban J connectivity index is 1.61. The van der Waals surface area contributed by atoms with Crippen LogP contribution in [-0.4, -0.2) is 31.0 Å². The third-order valence-corrected chi connectivity index (χ3v) is 5.56. The molecule has 0 atom stereocenters. The van der Waals surface area contributed by atoms with E-state index in [1.807, 2.05) is 6.92 Å². The summed E-state index contributed by atoms with van der Waals surface area (Å²) in [7, 11) is -3.56. The fraction of sp³-hybridized carbons (Fsp3) is 0.375. The van der Waals surface area contributed by atoms with Gasteiger partial charge in [0.25, 0.3) is 5.56 Å². The number of aromatic amines is 1. The van der Waals surface area contributed by atoms with E-state index in [1.165, 1.54) is 24.5 Å². The van der Waals surface area contributed by atoms with Crippen LogP contribution in [0.4, 0.5) is 0 Å². The van der Waals surface area contributed by atoms with E-state index in [0.29, 0.717) is 30.9 Å². The molecule has 24 heavy (non-hydrogen) atoms. The summed E-state index contributed by atoms with van der Waals surface area (Å²) in [5.74, 6) is 0.751. The Morgan fingerprint density at radius 2 is 2.00 bits per heavy atom. The molecule has 0 saturated heterocycles. The Kier molecular flexibility index (Phi) is 4.68. The standard InChI is InChI=1S/C16H19N3O4S/c1-2-23-13-3-5-14(6-4-13)24(21,22)19-12-7-11(8-12)15-9-16(20)18-10-17-15/h3-6,9-12,19H,2,7-8H2,1H3,(H,17,18,20). The monoisotopic (exact) mass is 349 g/mol. The molecule has 3 rings (SSSR count). The predicted molar refractivity (Wildman–Crippen MR) is 88.6 cm³/mol. The number of hydrogen-bond donors (Lipinski definition) is 2. The SMILES string of the molecule is CCOc1ccc(S(=O)(=O)NC2CC(c3cc(=O)[nH]cn3)C2)cc1. The van der Waals surface area contributed by atoms with Crippen molar-refractivity contribution < 1.29 is 13.2 Å². The van der Waals surface area contributed by atoms with Crippen LogP contribution in [0, 0.1) is 0 Å². The van der Waals surface area contributed by atoms with Gasteiger partial charge < -0.3 is 9.72 Å². The Bertz CT molecular complexity index is 855. The second-order valence-corrected chi connectivity index (χ2v) is 7.44. The lowest BCUT2D eigenvalue weighted by atomic mass is 9.79. The summed E-state index contributed by atoms with van der Waals surface area (Å²) < 4.78 is 32.8. The number of sulfonamides is 1. The zero-order chi connectivity index (χ0) is 17.2. The molecule has 1 aliphatic carbocycles. The summed E-state index contributed by atoms with van der Waals surface area (Å²) in [6.45, 7) is 2.40. The maximum atomic E-state index is 12.4. The fourth-order valence-corrected chi connectivity index (χ4v) is 3.99. The van der Waals surface area contributed by atoms with Crippen LogP contribution in [0.15, 0.2) is 46.3 Å². The van der Waals surface area contributed by atoms with Crippen LogP contribution in [0.5, 0.6) is 5.75 Å². The highest BCUT2D eigenvalue weighted by Gasteiger charge is 2.34. The molecule has 0 radical (unpaired) electrons. The third kappa shape index (κ3) is 3.65. The van der Waals surface area contributed by atoms with E-state index in [4.69, 9.17) is 4.74 Å². The highest BCUT2D eigenvalue weighted by atomic mass is 32.2. The van der Waals surface area contributed by atoms with Crippen molar-refractivity contribution in [3.8, 4) is 5.75 Å². The van der Waals surface area contributed by atoms with Crippen molar-refractivity contribution in [3.63, 3.8) is 0 Å². The third-order valence-electron chi connectivity index (χ3n) is 4.02. The van der Waals surface area contributed by atoms with Crippen LogP contribution in [0.3, 0.4) is 0 Å². The Morgan fingerprint density at radius 1 is 1.29 bits per heavy atom. The van der Waals surface area contributed by atoms with Crippen LogP contribution < -0.4 is 15.0 Å². The molecule has 0 amide bonds. The van der Waals surface area contributed by atoms with Crippen molar-refractivity contribution in [2.75, 3.05) is 6.61 Å². The topological polar surface area (TPSA) is 101 Å². The molecule has 0 unspecified atom stereocenters. The highest BCUT2D eigenvalue weighted by Crippen LogP contribution is 2.36. The van der Waals surface area contributed by atoms with E-state index in [0.717, 1.165) is 0 Å². The minimum atomic E-state index is -3.56. The minimum absolute atomic E-state index is 0.111. The first kappa shape index (κ1) is 16.7. The first-order chi connectivity index (χ1) is 11.5. The maximum absolute atomic E-state index is 12.4. The van der Waals surface area contributed by atoms with E-state index < -0.39 is 10.0 Å². The first-order valence-corrected chi connectivity index (χ1v) is 9.26. The molecule has 1 aliphatic rings. The lowest BCUT2D eigenvalue weighted by molar-refractivity contribution is 0.320. The average Bonchev–Trinajstić information content (AvgIpc) is 2.51. The molecule has 1 aromatic carbocycles. The molecule has 128 valence electrons. The van der Waals surface area contributed by atoms with Crippen molar-refractivity contribution >= 4 is 10.0 Å². The second-order valence-electron chi connectivity index (χ2n) is 5.73. The number of benzene rings is 1. The number of nitrogens with zero attached hydrogens (tertiary/aromatic N) is 1. The zero-order valence-electron chi connectivity index (χ0n) is 13.2. The van der Waals surface area contributed by atoms with Gasteiger partial charge in [-0.1, -0.05) is 0 Å². The number of nitrogens with one attached hydrogen (secondary N) is 2. The van der Waals surface area contributed by atoms with Gasteiger partial charge in [-0.15, -0.1) is 0 Å².